The molecule has 3 rings (SSSR count). The Balaban J connectivity index is 1.85. The molecule has 0 aliphatic carbocycles. The van der Waals surface area contributed by atoms with Crippen molar-refractivity contribution in [3.63, 3.8) is 0 Å². The summed E-state index contributed by atoms with van der Waals surface area (Å²) in [4.78, 5) is 38.4. The molecule has 8 heteroatoms. The van der Waals surface area contributed by atoms with E-state index in [1.165, 1.54) is 4.40 Å². The molecule has 0 saturated carbocycles. The van der Waals surface area contributed by atoms with Crippen LogP contribution in [-0.4, -0.2) is 50.0 Å². The molecule has 2 aromatic heterocycles. The lowest BCUT2D eigenvalue weighted by atomic mass is 10.1. The summed E-state index contributed by atoms with van der Waals surface area (Å²) in [6.45, 7) is 2.77. The normalized spacial score (nSPS) is 18.7. The number of carbonyl (C=O) groups is 2. The maximum absolute atomic E-state index is 12.6. The first-order valence-corrected chi connectivity index (χ1v) is 7.73. The van der Waals surface area contributed by atoms with E-state index in [2.05, 4.69) is 10.4 Å². The molecule has 0 spiro atoms. The Morgan fingerprint density at radius 1 is 1.39 bits per heavy atom. The minimum Gasteiger partial charge on any atom is -0.354 e. The zero-order valence-corrected chi connectivity index (χ0v) is 12.9. The molecule has 1 fully saturated rings. The lowest BCUT2D eigenvalue weighted by Gasteiger charge is -2.27. The van der Waals surface area contributed by atoms with Gasteiger partial charge in [-0.3, -0.25) is 14.0 Å². The van der Waals surface area contributed by atoms with Gasteiger partial charge in [0.05, 0.1) is 0 Å². The number of hydrogen-bond acceptors (Lipinski definition) is 4. The highest BCUT2D eigenvalue weighted by Crippen LogP contribution is 2.10. The van der Waals surface area contributed by atoms with Crippen LogP contribution in [0.2, 0.25) is 0 Å². The summed E-state index contributed by atoms with van der Waals surface area (Å²) < 4.78 is 2.53. The molecular weight excluding hydrogens is 298 g/mol. The van der Waals surface area contributed by atoms with Gasteiger partial charge in [-0.05, 0) is 25.0 Å². The Labute approximate surface area is 132 Å². The number of amides is 2. The summed E-state index contributed by atoms with van der Waals surface area (Å²) in [7, 11) is 0. The zero-order chi connectivity index (χ0) is 16.4. The second-order valence-corrected chi connectivity index (χ2v) is 5.52. The quantitative estimate of drug-likeness (QED) is 0.836. The standard InChI is InChI=1S/C15H19N5O3/c1-2-11-14(22)16-7-5-9-18(11)13(21)10-20-15(23)19-8-4-3-6-12(19)17-20/h3-4,6,8,11H,2,5,7,9-10H2,1H3,(H,16,22)/t11-/m1/s1. The molecule has 1 aliphatic heterocycles. The fourth-order valence-electron chi connectivity index (χ4n) is 2.87. The van der Waals surface area contributed by atoms with Gasteiger partial charge < -0.3 is 10.2 Å². The van der Waals surface area contributed by atoms with Crippen LogP contribution in [0.15, 0.2) is 29.2 Å². The predicted octanol–water partition coefficient (Wildman–Crippen LogP) is -0.377. The molecule has 1 atom stereocenters. The predicted molar refractivity (Wildman–Crippen MR) is 82.9 cm³/mol. The van der Waals surface area contributed by atoms with E-state index in [1.807, 2.05) is 6.92 Å². The monoisotopic (exact) mass is 317 g/mol. The van der Waals surface area contributed by atoms with Crippen LogP contribution in [0.5, 0.6) is 0 Å². The highest BCUT2D eigenvalue weighted by Gasteiger charge is 2.30. The molecule has 0 bridgehead atoms. The van der Waals surface area contributed by atoms with Crippen LogP contribution >= 0.6 is 0 Å². The van der Waals surface area contributed by atoms with E-state index in [0.717, 1.165) is 4.68 Å². The second-order valence-electron chi connectivity index (χ2n) is 5.52. The number of fused-ring (bicyclic) bond motifs is 1. The van der Waals surface area contributed by atoms with E-state index in [9.17, 15) is 14.4 Å². The highest BCUT2D eigenvalue weighted by molar-refractivity contribution is 5.87. The van der Waals surface area contributed by atoms with Crippen LogP contribution in [-0.2, 0) is 16.1 Å². The van der Waals surface area contributed by atoms with Gasteiger partial charge in [-0.1, -0.05) is 13.0 Å². The van der Waals surface area contributed by atoms with Crippen molar-refractivity contribution in [1.82, 2.24) is 24.4 Å². The molecule has 0 unspecified atom stereocenters. The molecule has 122 valence electrons. The van der Waals surface area contributed by atoms with Crippen molar-refractivity contribution in [3.8, 4) is 0 Å². The lowest BCUT2D eigenvalue weighted by molar-refractivity contribution is -0.140. The fraction of sp³-hybridized carbons (Fsp3) is 0.467. The van der Waals surface area contributed by atoms with E-state index in [-0.39, 0.29) is 24.0 Å². The molecule has 2 amide bonds. The number of carbonyl (C=O) groups excluding carboxylic acids is 2. The first kappa shape index (κ1) is 15.3. The topological polar surface area (TPSA) is 88.7 Å². The van der Waals surface area contributed by atoms with Gasteiger partial charge in [0.15, 0.2) is 5.65 Å². The number of nitrogens with one attached hydrogen (secondary N) is 1. The summed E-state index contributed by atoms with van der Waals surface area (Å²) in [6.07, 6.45) is 2.85. The van der Waals surface area contributed by atoms with Crippen LogP contribution < -0.4 is 11.0 Å². The van der Waals surface area contributed by atoms with E-state index >= 15 is 0 Å². The van der Waals surface area contributed by atoms with Crippen LogP contribution in [0.4, 0.5) is 0 Å². The third-order valence-corrected chi connectivity index (χ3v) is 4.03. The number of nitrogens with zero attached hydrogens (tertiary/aromatic N) is 4. The Bertz CT molecular complexity index is 794. The van der Waals surface area contributed by atoms with Gasteiger partial charge >= 0.3 is 5.69 Å². The molecule has 2 aromatic rings. The molecule has 1 N–H and O–H groups in total. The zero-order valence-electron chi connectivity index (χ0n) is 12.9. The van der Waals surface area contributed by atoms with Gasteiger partial charge in [0.2, 0.25) is 11.8 Å². The smallest absolute Gasteiger partial charge is 0.350 e. The minimum absolute atomic E-state index is 0.138. The van der Waals surface area contributed by atoms with Crippen LogP contribution in [0.3, 0.4) is 0 Å². The number of pyridine rings is 1. The Morgan fingerprint density at radius 2 is 2.22 bits per heavy atom. The number of aromatic nitrogens is 3. The molecule has 0 radical (unpaired) electrons. The maximum atomic E-state index is 12.6. The van der Waals surface area contributed by atoms with E-state index in [4.69, 9.17) is 0 Å². The Hall–Kier alpha value is -2.64. The summed E-state index contributed by atoms with van der Waals surface area (Å²) in [5.74, 6) is -0.403. The fourth-order valence-corrected chi connectivity index (χ4v) is 2.87. The summed E-state index contributed by atoms with van der Waals surface area (Å²) >= 11 is 0. The molecule has 0 aromatic carbocycles. The largest absolute Gasteiger partial charge is 0.354 e. The molecule has 1 aliphatic rings. The van der Waals surface area contributed by atoms with Gasteiger partial charge in [0.1, 0.15) is 12.6 Å². The Kier molecular flexibility index (Phi) is 4.14. The van der Waals surface area contributed by atoms with Crippen molar-refractivity contribution in [2.75, 3.05) is 13.1 Å². The molecule has 8 nitrogen and oxygen atoms in total. The highest BCUT2D eigenvalue weighted by atomic mass is 16.2. The summed E-state index contributed by atoms with van der Waals surface area (Å²) in [5, 5.41) is 6.97. The SMILES string of the molecule is CC[C@@H]1C(=O)NCCCN1C(=O)Cn1nc2ccccn2c1=O. The van der Waals surface area contributed by atoms with Crippen molar-refractivity contribution >= 4 is 17.5 Å². The van der Waals surface area contributed by atoms with Crippen LogP contribution in [0.1, 0.15) is 19.8 Å². The maximum Gasteiger partial charge on any atom is 0.350 e. The van der Waals surface area contributed by atoms with Gasteiger partial charge in [0.25, 0.3) is 0 Å². The Morgan fingerprint density at radius 3 is 2.96 bits per heavy atom. The van der Waals surface area contributed by atoms with Crippen molar-refractivity contribution < 1.29 is 9.59 Å². The van der Waals surface area contributed by atoms with Crippen molar-refractivity contribution in [3.05, 3.63) is 34.9 Å². The first-order chi connectivity index (χ1) is 11.1. The van der Waals surface area contributed by atoms with Crippen molar-refractivity contribution in [1.29, 1.82) is 0 Å². The number of rotatable bonds is 3. The average Bonchev–Trinajstić information content (AvgIpc) is 2.74. The van der Waals surface area contributed by atoms with Crippen molar-refractivity contribution in [2.24, 2.45) is 0 Å². The van der Waals surface area contributed by atoms with E-state index in [0.29, 0.717) is 31.6 Å². The van der Waals surface area contributed by atoms with E-state index in [1.54, 1.807) is 29.3 Å². The van der Waals surface area contributed by atoms with E-state index < -0.39 is 6.04 Å². The summed E-state index contributed by atoms with van der Waals surface area (Å²) in [5.41, 5.74) is 0.132. The molecule has 1 saturated heterocycles. The third kappa shape index (κ3) is 2.84. The third-order valence-electron chi connectivity index (χ3n) is 4.03. The van der Waals surface area contributed by atoms with Gasteiger partial charge in [-0.2, -0.15) is 0 Å². The molecule has 3 heterocycles. The van der Waals surface area contributed by atoms with Crippen LogP contribution in [0.25, 0.3) is 5.65 Å². The number of hydrogen-bond donors (Lipinski definition) is 1. The molecular formula is C15H19N5O3. The van der Waals surface area contributed by atoms with Gasteiger partial charge in [0, 0.05) is 19.3 Å². The lowest BCUT2D eigenvalue weighted by Crippen LogP contribution is -2.48. The van der Waals surface area contributed by atoms with Gasteiger partial charge in [-0.25, -0.2) is 9.48 Å². The summed E-state index contributed by atoms with van der Waals surface area (Å²) in [6, 6.07) is 4.73. The first-order valence-electron chi connectivity index (χ1n) is 7.73. The second kappa shape index (κ2) is 6.23. The molecule has 23 heavy (non-hydrogen) atoms. The van der Waals surface area contributed by atoms with Crippen molar-refractivity contribution in [2.45, 2.75) is 32.4 Å². The van der Waals surface area contributed by atoms with Gasteiger partial charge in [-0.15, -0.1) is 5.10 Å². The average molecular weight is 317 g/mol. The minimum atomic E-state index is -0.488. The van der Waals surface area contributed by atoms with Crippen LogP contribution in [0, 0.1) is 0 Å².